The summed E-state index contributed by atoms with van der Waals surface area (Å²) < 4.78 is 4.52. The molecule has 6 nitrogen and oxygen atoms in total. The van der Waals surface area contributed by atoms with Crippen molar-refractivity contribution in [3.05, 3.63) is 37.8 Å². The molecule has 0 aromatic heterocycles. The van der Waals surface area contributed by atoms with E-state index in [4.69, 9.17) is 5.26 Å². The summed E-state index contributed by atoms with van der Waals surface area (Å²) in [5, 5.41) is 19.4. The van der Waals surface area contributed by atoms with Crippen LogP contribution >= 0.6 is 15.9 Å². The van der Waals surface area contributed by atoms with E-state index in [0.717, 1.165) is 6.07 Å². The molecule has 0 heterocycles. The highest BCUT2D eigenvalue weighted by Gasteiger charge is 2.21. The molecule has 1 rings (SSSR count). The lowest BCUT2D eigenvalue weighted by atomic mass is 10.1. The van der Waals surface area contributed by atoms with Crippen LogP contribution in [-0.2, 0) is 4.74 Å². The van der Waals surface area contributed by atoms with Gasteiger partial charge in [-0.3, -0.25) is 10.1 Å². The topological polar surface area (TPSA) is 93.2 Å². The number of nitrogens with zero attached hydrogens (tertiary/aromatic N) is 2. The highest BCUT2D eigenvalue weighted by Crippen LogP contribution is 2.30. The van der Waals surface area contributed by atoms with Gasteiger partial charge in [-0.15, -0.1) is 0 Å². The van der Waals surface area contributed by atoms with Crippen molar-refractivity contribution in [2.75, 3.05) is 7.11 Å². The fraction of sp³-hybridized carbons (Fsp3) is 0.111. The van der Waals surface area contributed by atoms with Crippen LogP contribution in [0.1, 0.15) is 15.9 Å². The Morgan fingerprint density at radius 2 is 2.25 bits per heavy atom. The molecule has 0 saturated carbocycles. The summed E-state index contributed by atoms with van der Waals surface area (Å²) in [5.41, 5.74) is -0.480. The van der Waals surface area contributed by atoms with Crippen LogP contribution in [0.4, 0.5) is 5.69 Å². The Morgan fingerprint density at radius 3 is 2.69 bits per heavy atom. The van der Waals surface area contributed by atoms with Gasteiger partial charge >= 0.3 is 11.7 Å². The molecule has 7 heteroatoms. The van der Waals surface area contributed by atoms with Crippen molar-refractivity contribution in [2.24, 2.45) is 0 Å². The summed E-state index contributed by atoms with van der Waals surface area (Å²) in [4.78, 5) is 21.2. The number of nitro benzene ring substituents is 1. The monoisotopic (exact) mass is 284 g/mol. The second-order valence-electron chi connectivity index (χ2n) is 2.71. The van der Waals surface area contributed by atoms with Crippen LogP contribution in [0.3, 0.4) is 0 Å². The van der Waals surface area contributed by atoms with Crippen LogP contribution in [0, 0.1) is 21.4 Å². The third kappa shape index (κ3) is 2.17. The van der Waals surface area contributed by atoms with Crippen molar-refractivity contribution in [2.45, 2.75) is 0 Å². The third-order valence-corrected chi connectivity index (χ3v) is 2.39. The Kier molecular flexibility index (Phi) is 3.58. The SMILES string of the molecule is COC(=O)c1cc(Br)c([N+](=O)[O-])c(C#N)c1. The van der Waals surface area contributed by atoms with Gasteiger partial charge in [-0.1, -0.05) is 0 Å². The first-order valence-corrected chi connectivity index (χ1v) is 4.77. The van der Waals surface area contributed by atoms with E-state index in [-0.39, 0.29) is 21.3 Å². The largest absolute Gasteiger partial charge is 0.465 e. The molecule has 0 aliphatic heterocycles. The molecule has 0 amide bonds. The summed E-state index contributed by atoms with van der Waals surface area (Å²) >= 11 is 2.94. The van der Waals surface area contributed by atoms with Gasteiger partial charge in [-0.05, 0) is 28.1 Å². The Hall–Kier alpha value is -1.94. The van der Waals surface area contributed by atoms with Gasteiger partial charge in [-0.2, -0.15) is 5.26 Å². The molecule has 0 aliphatic carbocycles. The van der Waals surface area contributed by atoms with Crippen LogP contribution in [0.25, 0.3) is 0 Å². The maximum absolute atomic E-state index is 11.2. The number of esters is 1. The van der Waals surface area contributed by atoms with E-state index in [9.17, 15) is 14.9 Å². The minimum absolute atomic E-state index is 0.0666. The number of rotatable bonds is 2. The lowest BCUT2D eigenvalue weighted by Crippen LogP contribution is -2.03. The minimum Gasteiger partial charge on any atom is -0.465 e. The molecule has 82 valence electrons. The highest BCUT2D eigenvalue weighted by atomic mass is 79.9. The van der Waals surface area contributed by atoms with E-state index < -0.39 is 10.9 Å². The number of hydrogen-bond donors (Lipinski definition) is 0. The number of methoxy groups -OCH3 is 1. The Balaban J connectivity index is 3.45. The van der Waals surface area contributed by atoms with E-state index in [1.807, 2.05) is 0 Å². The Labute approximate surface area is 98.7 Å². The van der Waals surface area contributed by atoms with Crippen LogP contribution in [0.15, 0.2) is 16.6 Å². The summed E-state index contributed by atoms with van der Waals surface area (Å²) in [7, 11) is 1.18. The molecule has 16 heavy (non-hydrogen) atoms. The summed E-state index contributed by atoms with van der Waals surface area (Å²) in [6, 6.07) is 4.02. The zero-order valence-corrected chi connectivity index (χ0v) is 9.65. The second-order valence-corrected chi connectivity index (χ2v) is 3.57. The first kappa shape index (κ1) is 12.1. The van der Waals surface area contributed by atoms with E-state index in [1.165, 1.54) is 13.2 Å². The number of ether oxygens (including phenoxy) is 1. The third-order valence-electron chi connectivity index (χ3n) is 1.79. The maximum atomic E-state index is 11.2. The zero-order valence-electron chi connectivity index (χ0n) is 8.06. The number of halogens is 1. The number of benzene rings is 1. The quantitative estimate of drug-likeness (QED) is 0.470. The predicted molar refractivity (Wildman–Crippen MR) is 56.9 cm³/mol. The first-order chi connectivity index (χ1) is 7.51. The van der Waals surface area contributed by atoms with Gasteiger partial charge in [-0.25, -0.2) is 4.79 Å². The molecule has 1 aromatic carbocycles. The molecule has 0 aliphatic rings. The maximum Gasteiger partial charge on any atom is 0.337 e. The first-order valence-electron chi connectivity index (χ1n) is 3.97. The number of nitriles is 1. The number of hydrogen-bond acceptors (Lipinski definition) is 5. The molecule has 0 spiro atoms. The van der Waals surface area contributed by atoms with Crippen molar-refractivity contribution in [1.29, 1.82) is 5.26 Å². The van der Waals surface area contributed by atoms with E-state index in [0.29, 0.717) is 0 Å². The van der Waals surface area contributed by atoms with Crippen LogP contribution in [-0.4, -0.2) is 18.0 Å². The lowest BCUT2D eigenvalue weighted by molar-refractivity contribution is -0.386. The molecule has 1 aromatic rings. The van der Waals surface area contributed by atoms with Crippen LogP contribution in [0.5, 0.6) is 0 Å². The van der Waals surface area contributed by atoms with Gasteiger partial charge in [0.1, 0.15) is 11.6 Å². The molecular weight excluding hydrogens is 280 g/mol. The number of carbonyl (C=O) groups is 1. The molecular formula is C9H5BrN2O4. The fourth-order valence-electron chi connectivity index (χ4n) is 1.11. The molecule has 0 bridgehead atoms. The summed E-state index contributed by atoms with van der Waals surface area (Å²) in [5.74, 6) is -0.660. The second kappa shape index (κ2) is 4.72. The minimum atomic E-state index is -0.691. The molecule has 0 radical (unpaired) electrons. The smallest absolute Gasteiger partial charge is 0.337 e. The molecule has 0 N–H and O–H groups in total. The van der Waals surface area contributed by atoms with E-state index in [1.54, 1.807) is 6.07 Å². The van der Waals surface area contributed by atoms with Gasteiger partial charge in [0.15, 0.2) is 0 Å². The van der Waals surface area contributed by atoms with Crippen molar-refractivity contribution in [1.82, 2.24) is 0 Å². The highest BCUT2D eigenvalue weighted by molar-refractivity contribution is 9.10. The Bertz CT molecular complexity index is 507. The zero-order chi connectivity index (χ0) is 12.3. The van der Waals surface area contributed by atoms with Crippen molar-refractivity contribution < 1.29 is 14.5 Å². The average molecular weight is 285 g/mol. The van der Waals surface area contributed by atoms with Crippen LogP contribution in [0.2, 0.25) is 0 Å². The van der Waals surface area contributed by atoms with Crippen molar-refractivity contribution in [3.8, 4) is 6.07 Å². The normalized spacial score (nSPS) is 9.31. The van der Waals surface area contributed by atoms with Gasteiger partial charge in [0.2, 0.25) is 0 Å². The molecule has 0 unspecified atom stereocenters. The molecule has 0 saturated heterocycles. The predicted octanol–water partition coefficient (Wildman–Crippen LogP) is 2.02. The summed E-state index contributed by atoms with van der Waals surface area (Å²) in [6.45, 7) is 0. The van der Waals surface area contributed by atoms with Gasteiger partial charge in [0, 0.05) is 0 Å². The van der Waals surface area contributed by atoms with Gasteiger partial charge in [0.05, 0.1) is 22.1 Å². The fourth-order valence-corrected chi connectivity index (χ4v) is 1.71. The average Bonchev–Trinajstić information content (AvgIpc) is 2.26. The van der Waals surface area contributed by atoms with E-state index in [2.05, 4.69) is 20.7 Å². The van der Waals surface area contributed by atoms with Gasteiger partial charge in [0.25, 0.3) is 0 Å². The molecule has 0 atom stereocenters. The Morgan fingerprint density at radius 1 is 1.62 bits per heavy atom. The number of nitro groups is 1. The number of carbonyl (C=O) groups excluding carboxylic acids is 1. The summed E-state index contributed by atoms with van der Waals surface area (Å²) in [6.07, 6.45) is 0. The lowest BCUT2D eigenvalue weighted by Gasteiger charge is -2.02. The van der Waals surface area contributed by atoms with Crippen molar-refractivity contribution in [3.63, 3.8) is 0 Å². The standard InChI is InChI=1S/C9H5BrN2O4/c1-16-9(13)5-2-6(4-11)8(12(14)15)7(10)3-5/h2-3H,1H3. The molecule has 0 fully saturated rings. The van der Waals surface area contributed by atoms with Crippen molar-refractivity contribution >= 4 is 27.6 Å². The van der Waals surface area contributed by atoms with Gasteiger partial charge < -0.3 is 4.74 Å². The van der Waals surface area contributed by atoms with E-state index >= 15 is 0 Å². The van der Waals surface area contributed by atoms with Crippen LogP contribution < -0.4 is 0 Å².